The number of primary amides is 1. The molecule has 5 N–H and O–H groups in total. The number of benzene rings is 1. The predicted molar refractivity (Wildman–Crippen MR) is 131 cm³/mol. The van der Waals surface area contributed by atoms with E-state index in [4.69, 9.17) is 5.73 Å². The van der Waals surface area contributed by atoms with Crippen LogP contribution in [0.5, 0.6) is 0 Å². The monoisotopic (exact) mass is 504 g/mol. The summed E-state index contributed by atoms with van der Waals surface area (Å²) in [6.45, 7) is 1.65. The van der Waals surface area contributed by atoms with E-state index in [-0.39, 0.29) is 37.9 Å². The van der Waals surface area contributed by atoms with Crippen LogP contribution in [0.4, 0.5) is 0 Å². The Balaban J connectivity index is 1.51. The van der Waals surface area contributed by atoms with Crippen LogP contribution in [0.25, 0.3) is 10.9 Å². The molecule has 0 spiro atoms. The van der Waals surface area contributed by atoms with Crippen LogP contribution in [0.3, 0.4) is 0 Å². The highest BCUT2D eigenvalue weighted by Gasteiger charge is 2.41. The maximum atomic E-state index is 13.3. The van der Waals surface area contributed by atoms with Crippen LogP contribution in [0.15, 0.2) is 30.5 Å². The zero-order valence-corrected chi connectivity index (χ0v) is 20.5. The van der Waals surface area contributed by atoms with Crippen LogP contribution < -0.4 is 16.4 Å². The quantitative estimate of drug-likeness (QED) is 0.385. The van der Waals surface area contributed by atoms with E-state index in [1.807, 2.05) is 24.3 Å². The molecule has 12 heteroatoms. The minimum Gasteiger partial charge on any atom is -0.368 e. The Labute approximate surface area is 204 Å². The topological polar surface area (TPSA) is 158 Å². The van der Waals surface area contributed by atoms with Crippen LogP contribution in [0, 0.1) is 5.92 Å². The third-order valence-electron chi connectivity index (χ3n) is 6.82. The van der Waals surface area contributed by atoms with Gasteiger partial charge in [-0.25, -0.2) is 8.42 Å². The van der Waals surface area contributed by atoms with E-state index in [1.54, 1.807) is 11.1 Å². The number of carbonyl (C=O) groups excluding carboxylic acids is 3. The molecule has 0 aliphatic carbocycles. The third-order valence-corrected chi connectivity index (χ3v) is 8.11. The van der Waals surface area contributed by atoms with Crippen LogP contribution in [-0.4, -0.2) is 91.4 Å². The molecule has 11 nitrogen and oxygen atoms in total. The Morgan fingerprint density at radius 3 is 2.57 bits per heavy atom. The smallest absolute Gasteiger partial charge is 0.240 e. The Bertz CT molecular complexity index is 1210. The van der Waals surface area contributed by atoms with Gasteiger partial charge in [-0.05, 0) is 37.6 Å². The lowest BCUT2D eigenvalue weighted by Crippen LogP contribution is -2.63. The third kappa shape index (κ3) is 5.65. The second-order valence-corrected chi connectivity index (χ2v) is 11.2. The first kappa shape index (κ1) is 25.1. The number of sulfonamides is 1. The first-order chi connectivity index (χ1) is 16.6. The summed E-state index contributed by atoms with van der Waals surface area (Å²) in [4.78, 5) is 43.3. The van der Waals surface area contributed by atoms with Gasteiger partial charge in [0.05, 0.1) is 6.26 Å². The van der Waals surface area contributed by atoms with Gasteiger partial charge in [-0.1, -0.05) is 18.2 Å². The molecule has 2 saturated heterocycles. The maximum absolute atomic E-state index is 13.3. The van der Waals surface area contributed by atoms with Crippen molar-refractivity contribution in [2.45, 2.75) is 31.3 Å². The number of aromatic nitrogens is 1. The molecular formula is C23H32N6O5S. The summed E-state index contributed by atoms with van der Waals surface area (Å²) in [5, 5.41) is 6.77. The second-order valence-electron chi connectivity index (χ2n) is 9.23. The first-order valence-electron chi connectivity index (χ1n) is 11.8. The number of H-pyrrole nitrogens is 1. The first-order valence-corrected chi connectivity index (χ1v) is 13.6. The molecule has 0 bridgehead atoms. The standard InChI is InChI=1S/C23H32N6O5S/c1-35(33,34)29-11-10-28(23(32)15-6-8-25-9-7-15)14-20(29)22(31)27-19(21(24)30)12-16-13-26-18-5-3-2-4-17(16)18/h2-5,13,15,19-20,25-26H,6-12,14H2,1H3,(H2,24,30)(H,27,31)/t19-,20-/m1/s1. The molecule has 2 fully saturated rings. The van der Waals surface area contributed by atoms with Crippen molar-refractivity contribution < 1.29 is 22.8 Å². The van der Waals surface area contributed by atoms with Crippen molar-refractivity contribution in [1.82, 2.24) is 24.8 Å². The van der Waals surface area contributed by atoms with Gasteiger partial charge in [0, 0.05) is 49.1 Å². The van der Waals surface area contributed by atoms with Gasteiger partial charge in [-0.15, -0.1) is 0 Å². The minimum absolute atomic E-state index is 0.0112. The molecule has 0 unspecified atom stereocenters. The number of fused-ring (bicyclic) bond motifs is 1. The summed E-state index contributed by atoms with van der Waals surface area (Å²) in [7, 11) is -3.73. The number of nitrogens with one attached hydrogen (secondary N) is 3. The Morgan fingerprint density at radius 2 is 1.89 bits per heavy atom. The molecule has 3 heterocycles. The molecule has 2 aromatic rings. The number of piperazine rings is 1. The number of para-hydroxylation sites is 1. The lowest BCUT2D eigenvalue weighted by Gasteiger charge is -2.41. The lowest BCUT2D eigenvalue weighted by atomic mass is 9.96. The number of aromatic amines is 1. The summed E-state index contributed by atoms with van der Waals surface area (Å²) in [6.07, 6.45) is 4.35. The highest BCUT2D eigenvalue weighted by molar-refractivity contribution is 7.88. The fourth-order valence-electron chi connectivity index (χ4n) is 4.92. The SMILES string of the molecule is CS(=O)(=O)N1CCN(C(=O)C2CCNCC2)C[C@@H]1C(=O)N[C@H](Cc1c[nH]c2ccccc12)C(N)=O. The highest BCUT2D eigenvalue weighted by Crippen LogP contribution is 2.22. The number of nitrogens with zero attached hydrogens (tertiary/aromatic N) is 2. The summed E-state index contributed by atoms with van der Waals surface area (Å²) >= 11 is 0. The van der Waals surface area contributed by atoms with Crippen molar-refractivity contribution in [3.63, 3.8) is 0 Å². The Kier molecular flexibility index (Phi) is 7.43. The number of nitrogens with two attached hydrogens (primary N) is 1. The molecule has 1 aromatic heterocycles. The van der Waals surface area contributed by atoms with Gasteiger partial charge in [0.15, 0.2) is 0 Å². The number of hydrogen-bond donors (Lipinski definition) is 4. The number of amides is 3. The molecule has 0 saturated carbocycles. The van der Waals surface area contributed by atoms with Crippen molar-refractivity contribution >= 4 is 38.6 Å². The maximum Gasteiger partial charge on any atom is 0.240 e. The molecule has 0 radical (unpaired) electrons. The average molecular weight is 505 g/mol. The average Bonchev–Trinajstić information content (AvgIpc) is 3.25. The van der Waals surface area contributed by atoms with Crippen molar-refractivity contribution in [2.75, 3.05) is 39.0 Å². The fraction of sp³-hybridized carbons (Fsp3) is 0.522. The molecule has 1 aromatic carbocycles. The van der Waals surface area contributed by atoms with Crippen LogP contribution in [0.1, 0.15) is 18.4 Å². The zero-order chi connectivity index (χ0) is 25.2. The van der Waals surface area contributed by atoms with Crippen molar-refractivity contribution in [1.29, 1.82) is 0 Å². The van der Waals surface area contributed by atoms with E-state index < -0.39 is 33.9 Å². The van der Waals surface area contributed by atoms with Crippen LogP contribution in [-0.2, 0) is 30.8 Å². The number of hydrogen-bond acceptors (Lipinski definition) is 6. The van der Waals surface area contributed by atoms with E-state index >= 15 is 0 Å². The van der Waals surface area contributed by atoms with Gasteiger partial charge >= 0.3 is 0 Å². The van der Waals surface area contributed by atoms with Gasteiger partial charge in [0.25, 0.3) is 0 Å². The van der Waals surface area contributed by atoms with E-state index in [1.165, 1.54) is 0 Å². The van der Waals surface area contributed by atoms with Crippen molar-refractivity contribution in [3.8, 4) is 0 Å². The van der Waals surface area contributed by atoms with E-state index in [0.29, 0.717) is 12.8 Å². The van der Waals surface area contributed by atoms with Crippen molar-refractivity contribution in [2.24, 2.45) is 11.7 Å². The number of carbonyl (C=O) groups is 3. The molecule has 4 rings (SSSR count). The molecule has 35 heavy (non-hydrogen) atoms. The predicted octanol–water partition coefficient (Wildman–Crippen LogP) is -0.847. The van der Waals surface area contributed by atoms with Gasteiger partial charge < -0.3 is 26.3 Å². The normalized spacial score (nSPS) is 21.1. The summed E-state index contributed by atoms with van der Waals surface area (Å²) < 4.78 is 26.0. The molecule has 2 aliphatic heterocycles. The van der Waals surface area contributed by atoms with Crippen LogP contribution in [0.2, 0.25) is 0 Å². The molecule has 3 amide bonds. The summed E-state index contributed by atoms with van der Waals surface area (Å²) in [6, 6.07) is 5.37. The zero-order valence-electron chi connectivity index (χ0n) is 19.7. The second kappa shape index (κ2) is 10.3. The molecule has 190 valence electrons. The Morgan fingerprint density at radius 1 is 1.17 bits per heavy atom. The lowest BCUT2D eigenvalue weighted by molar-refractivity contribution is -0.141. The van der Waals surface area contributed by atoms with Gasteiger partial charge in [0.2, 0.25) is 27.7 Å². The van der Waals surface area contributed by atoms with Gasteiger partial charge in [-0.3, -0.25) is 14.4 Å². The largest absolute Gasteiger partial charge is 0.368 e. The minimum atomic E-state index is -3.73. The highest BCUT2D eigenvalue weighted by atomic mass is 32.2. The van der Waals surface area contributed by atoms with Gasteiger partial charge in [0.1, 0.15) is 12.1 Å². The van der Waals surface area contributed by atoms with E-state index in [9.17, 15) is 22.8 Å². The number of rotatable bonds is 7. The fourth-order valence-corrected chi connectivity index (χ4v) is 5.95. The number of piperidine rings is 1. The van der Waals surface area contributed by atoms with E-state index in [0.717, 1.165) is 40.1 Å². The summed E-state index contributed by atoms with van der Waals surface area (Å²) in [5.41, 5.74) is 7.29. The molecule has 2 atom stereocenters. The van der Waals surface area contributed by atoms with Gasteiger partial charge in [-0.2, -0.15) is 4.31 Å². The van der Waals surface area contributed by atoms with E-state index in [2.05, 4.69) is 15.6 Å². The summed E-state index contributed by atoms with van der Waals surface area (Å²) in [5.74, 6) is -1.59. The Hall–Kier alpha value is -2.96. The van der Waals surface area contributed by atoms with Crippen molar-refractivity contribution in [3.05, 3.63) is 36.0 Å². The molecular weight excluding hydrogens is 472 g/mol. The van der Waals surface area contributed by atoms with Crippen LogP contribution >= 0.6 is 0 Å². The molecule has 2 aliphatic rings.